The molecule has 0 amide bonds. The van der Waals surface area contributed by atoms with E-state index in [2.05, 4.69) is 45.0 Å². The number of rotatable bonds is 5. The van der Waals surface area contributed by atoms with Gasteiger partial charge in [-0.05, 0) is 49.1 Å². The summed E-state index contributed by atoms with van der Waals surface area (Å²) in [6, 6.07) is 14.4. The van der Waals surface area contributed by atoms with Gasteiger partial charge in [0.1, 0.15) is 5.75 Å². The topological polar surface area (TPSA) is 9.23 Å². The lowest BCUT2D eigenvalue weighted by Gasteiger charge is -2.15. The molecule has 0 fully saturated rings. The SMILES string of the molecule is CCCOc1cccc(C(Cl)c2ccc(C)cc2C)c1. The van der Waals surface area contributed by atoms with E-state index >= 15 is 0 Å². The molecule has 2 aromatic rings. The van der Waals surface area contributed by atoms with Crippen LogP contribution in [0.5, 0.6) is 5.75 Å². The van der Waals surface area contributed by atoms with E-state index in [0.29, 0.717) is 0 Å². The van der Waals surface area contributed by atoms with Crippen LogP contribution >= 0.6 is 11.6 Å². The van der Waals surface area contributed by atoms with E-state index in [1.54, 1.807) is 0 Å². The highest BCUT2D eigenvalue weighted by atomic mass is 35.5. The fourth-order valence-electron chi connectivity index (χ4n) is 2.27. The van der Waals surface area contributed by atoms with Crippen molar-refractivity contribution in [3.8, 4) is 5.75 Å². The van der Waals surface area contributed by atoms with Crippen molar-refractivity contribution in [1.29, 1.82) is 0 Å². The molecular weight excluding hydrogens is 268 g/mol. The minimum atomic E-state index is -0.138. The van der Waals surface area contributed by atoms with E-state index in [1.165, 1.54) is 11.1 Å². The molecule has 1 unspecified atom stereocenters. The lowest BCUT2D eigenvalue weighted by atomic mass is 9.98. The van der Waals surface area contributed by atoms with E-state index in [0.717, 1.165) is 29.9 Å². The third-order valence-corrected chi connectivity index (χ3v) is 3.81. The average molecular weight is 289 g/mol. The zero-order chi connectivity index (χ0) is 14.5. The molecule has 0 radical (unpaired) electrons. The van der Waals surface area contributed by atoms with Crippen molar-refractivity contribution in [2.75, 3.05) is 6.61 Å². The monoisotopic (exact) mass is 288 g/mol. The summed E-state index contributed by atoms with van der Waals surface area (Å²) in [4.78, 5) is 0. The Balaban J connectivity index is 2.26. The van der Waals surface area contributed by atoms with Gasteiger partial charge in [-0.15, -0.1) is 11.6 Å². The van der Waals surface area contributed by atoms with Crippen molar-refractivity contribution < 1.29 is 4.74 Å². The molecule has 1 nitrogen and oxygen atoms in total. The van der Waals surface area contributed by atoms with Crippen LogP contribution in [0.3, 0.4) is 0 Å². The standard InChI is InChI=1S/C18H21ClO/c1-4-10-20-16-7-5-6-15(12-16)18(19)17-9-8-13(2)11-14(17)3/h5-9,11-12,18H,4,10H2,1-3H3. The highest BCUT2D eigenvalue weighted by molar-refractivity contribution is 6.22. The molecule has 0 spiro atoms. The first-order valence-corrected chi connectivity index (χ1v) is 7.49. The molecule has 0 aliphatic heterocycles. The third kappa shape index (κ3) is 3.55. The molecule has 2 aromatic carbocycles. The second kappa shape index (κ2) is 6.81. The van der Waals surface area contributed by atoms with Crippen molar-refractivity contribution in [2.45, 2.75) is 32.6 Å². The number of halogens is 1. The van der Waals surface area contributed by atoms with Gasteiger partial charge in [0, 0.05) is 0 Å². The lowest BCUT2D eigenvalue weighted by molar-refractivity contribution is 0.317. The first-order chi connectivity index (χ1) is 9.61. The molecule has 2 rings (SSSR count). The maximum Gasteiger partial charge on any atom is 0.119 e. The summed E-state index contributed by atoms with van der Waals surface area (Å²) in [5, 5.41) is -0.138. The molecule has 0 saturated carbocycles. The average Bonchev–Trinajstić information content (AvgIpc) is 2.45. The van der Waals surface area contributed by atoms with Gasteiger partial charge in [0.2, 0.25) is 0 Å². The quantitative estimate of drug-likeness (QED) is 0.668. The maximum absolute atomic E-state index is 6.64. The van der Waals surface area contributed by atoms with Crippen molar-refractivity contribution in [2.24, 2.45) is 0 Å². The van der Waals surface area contributed by atoms with E-state index in [1.807, 2.05) is 18.2 Å². The summed E-state index contributed by atoms with van der Waals surface area (Å²) < 4.78 is 5.67. The second-order valence-electron chi connectivity index (χ2n) is 5.14. The van der Waals surface area contributed by atoms with Crippen LogP contribution in [0.15, 0.2) is 42.5 Å². The summed E-state index contributed by atoms with van der Waals surface area (Å²) in [6.07, 6.45) is 1.01. The number of aryl methyl sites for hydroxylation is 2. The van der Waals surface area contributed by atoms with Gasteiger partial charge < -0.3 is 4.74 Å². The molecule has 0 aliphatic carbocycles. The minimum Gasteiger partial charge on any atom is -0.494 e. The van der Waals surface area contributed by atoms with Gasteiger partial charge in [0.25, 0.3) is 0 Å². The third-order valence-electron chi connectivity index (χ3n) is 3.32. The van der Waals surface area contributed by atoms with Crippen LogP contribution < -0.4 is 4.74 Å². The molecule has 0 bridgehead atoms. The molecule has 0 N–H and O–H groups in total. The Morgan fingerprint density at radius 3 is 2.60 bits per heavy atom. The van der Waals surface area contributed by atoms with Crippen molar-refractivity contribution in [3.63, 3.8) is 0 Å². The Morgan fingerprint density at radius 2 is 1.90 bits per heavy atom. The summed E-state index contributed by atoms with van der Waals surface area (Å²) in [5.41, 5.74) is 4.72. The summed E-state index contributed by atoms with van der Waals surface area (Å²) in [6.45, 7) is 7.04. The van der Waals surface area contributed by atoms with Crippen LogP contribution in [0.1, 0.15) is 41.0 Å². The van der Waals surface area contributed by atoms with Gasteiger partial charge in [-0.1, -0.05) is 42.8 Å². The first-order valence-electron chi connectivity index (χ1n) is 7.05. The van der Waals surface area contributed by atoms with Gasteiger partial charge in [0.15, 0.2) is 0 Å². The number of alkyl halides is 1. The molecule has 1 atom stereocenters. The van der Waals surface area contributed by atoms with E-state index < -0.39 is 0 Å². The Morgan fingerprint density at radius 1 is 1.10 bits per heavy atom. The first kappa shape index (κ1) is 14.9. The molecule has 2 heteroatoms. The second-order valence-corrected chi connectivity index (χ2v) is 5.58. The molecule has 106 valence electrons. The highest BCUT2D eigenvalue weighted by Gasteiger charge is 2.13. The van der Waals surface area contributed by atoms with Gasteiger partial charge in [-0.3, -0.25) is 0 Å². The van der Waals surface area contributed by atoms with Crippen LogP contribution in [0, 0.1) is 13.8 Å². The predicted molar refractivity (Wildman–Crippen MR) is 85.8 cm³/mol. The van der Waals surface area contributed by atoms with Crippen LogP contribution in [0.2, 0.25) is 0 Å². The van der Waals surface area contributed by atoms with Gasteiger partial charge in [-0.2, -0.15) is 0 Å². The zero-order valence-electron chi connectivity index (χ0n) is 12.3. The predicted octanol–water partition coefficient (Wildman–Crippen LogP) is 5.42. The van der Waals surface area contributed by atoms with E-state index in [9.17, 15) is 0 Å². The Kier molecular flexibility index (Phi) is 5.08. The Labute approximate surface area is 126 Å². The molecule has 0 saturated heterocycles. The number of benzene rings is 2. The molecule has 20 heavy (non-hydrogen) atoms. The molecule has 0 aromatic heterocycles. The van der Waals surface area contributed by atoms with Crippen molar-refractivity contribution in [1.82, 2.24) is 0 Å². The van der Waals surface area contributed by atoms with E-state index in [-0.39, 0.29) is 5.38 Å². The number of hydrogen-bond acceptors (Lipinski definition) is 1. The van der Waals surface area contributed by atoms with Crippen LogP contribution in [-0.2, 0) is 0 Å². The van der Waals surface area contributed by atoms with Gasteiger partial charge in [0.05, 0.1) is 12.0 Å². The van der Waals surface area contributed by atoms with E-state index in [4.69, 9.17) is 16.3 Å². The molecule has 0 heterocycles. The zero-order valence-corrected chi connectivity index (χ0v) is 13.1. The van der Waals surface area contributed by atoms with Crippen LogP contribution in [-0.4, -0.2) is 6.61 Å². The summed E-state index contributed by atoms with van der Waals surface area (Å²) >= 11 is 6.64. The normalized spacial score (nSPS) is 12.2. The maximum atomic E-state index is 6.64. The number of ether oxygens (including phenoxy) is 1. The fourth-order valence-corrected chi connectivity index (χ4v) is 2.65. The summed E-state index contributed by atoms with van der Waals surface area (Å²) in [5.74, 6) is 0.889. The minimum absolute atomic E-state index is 0.138. The van der Waals surface area contributed by atoms with Crippen molar-refractivity contribution in [3.05, 3.63) is 64.7 Å². The highest BCUT2D eigenvalue weighted by Crippen LogP contribution is 2.33. The Bertz CT molecular complexity index is 577. The smallest absolute Gasteiger partial charge is 0.119 e. The van der Waals surface area contributed by atoms with Crippen LogP contribution in [0.25, 0.3) is 0 Å². The Hall–Kier alpha value is -1.47. The van der Waals surface area contributed by atoms with Crippen molar-refractivity contribution >= 4 is 11.6 Å². The number of hydrogen-bond donors (Lipinski definition) is 0. The summed E-state index contributed by atoms with van der Waals surface area (Å²) in [7, 11) is 0. The fraction of sp³-hybridized carbons (Fsp3) is 0.333. The van der Waals surface area contributed by atoms with Gasteiger partial charge in [-0.25, -0.2) is 0 Å². The molecule has 0 aliphatic rings. The van der Waals surface area contributed by atoms with Crippen LogP contribution in [0.4, 0.5) is 0 Å². The van der Waals surface area contributed by atoms with Gasteiger partial charge >= 0.3 is 0 Å². The largest absolute Gasteiger partial charge is 0.494 e. The molecular formula is C18H21ClO. The lowest BCUT2D eigenvalue weighted by Crippen LogP contribution is -1.99.